The van der Waals surface area contributed by atoms with Gasteiger partial charge in [0.1, 0.15) is 5.75 Å². The summed E-state index contributed by atoms with van der Waals surface area (Å²) >= 11 is 0. The highest BCUT2D eigenvalue weighted by molar-refractivity contribution is 7.89. The van der Waals surface area contributed by atoms with E-state index in [2.05, 4.69) is 10.1 Å². The lowest BCUT2D eigenvalue weighted by molar-refractivity contribution is -0.134. The Hall–Kier alpha value is -3.05. The Balaban J connectivity index is 1.35. The number of hydrogen-bond acceptors (Lipinski definition) is 5. The molecule has 0 radical (unpaired) electrons. The van der Waals surface area contributed by atoms with Crippen LogP contribution in [0.15, 0.2) is 59.5 Å². The molecular weight excluding hydrogens is 468 g/mol. The predicted molar refractivity (Wildman–Crippen MR) is 121 cm³/mol. The number of rotatable bonds is 10. The Labute approximate surface area is 197 Å². The Bertz CT molecular complexity index is 1060. The second-order valence-corrected chi connectivity index (χ2v) is 9.66. The maximum absolute atomic E-state index is 12.7. The van der Waals surface area contributed by atoms with Gasteiger partial charge in [0.25, 0.3) is 0 Å². The van der Waals surface area contributed by atoms with Crippen LogP contribution in [-0.2, 0) is 26.0 Å². The minimum atomic E-state index is -3.59. The SMILES string of the molecule is O=C(CCC(=O)N1CCN(S(=O)(=O)c2ccccc2)CC1)NCCc1ccc(OC(F)F)cc1. The number of halogens is 2. The summed E-state index contributed by atoms with van der Waals surface area (Å²) in [6.07, 6.45) is 0.575. The Morgan fingerprint density at radius 1 is 0.941 bits per heavy atom. The van der Waals surface area contributed by atoms with Gasteiger partial charge in [-0.2, -0.15) is 13.1 Å². The van der Waals surface area contributed by atoms with Crippen LogP contribution >= 0.6 is 0 Å². The van der Waals surface area contributed by atoms with Crippen molar-refractivity contribution in [1.29, 1.82) is 0 Å². The van der Waals surface area contributed by atoms with Crippen LogP contribution in [0.3, 0.4) is 0 Å². The van der Waals surface area contributed by atoms with Crippen LogP contribution in [0.1, 0.15) is 18.4 Å². The van der Waals surface area contributed by atoms with E-state index >= 15 is 0 Å². The van der Waals surface area contributed by atoms with Crippen molar-refractivity contribution in [3.63, 3.8) is 0 Å². The number of amides is 2. The molecule has 1 saturated heterocycles. The summed E-state index contributed by atoms with van der Waals surface area (Å²) in [6.45, 7) is -1.57. The van der Waals surface area contributed by atoms with Gasteiger partial charge in [0.15, 0.2) is 0 Å². The summed E-state index contributed by atoms with van der Waals surface area (Å²) in [4.78, 5) is 26.3. The summed E-state index contributed by atoms with van der Waals surface area (Å²) in [7, 11) is -3.59. The van der Waals surface area contributed by atoms with Crippen molar-refractivity contribution in [3.8, 4) is 5.75 Å². The zero-order valence-electron chi connectivity index (χ0n) is 18.5. The second-order valence-electron chi connectivity index (χ2n) is 7.72. The first-order valence-corrected chi connectivity index (χ1v) is 12.3. The number of benzene rings is 2. The molecule has 0 saturated carbocycles. The van der Waals surface area contributed by atoms with Crippen molar-refractivity contribution in [2.24, 2.45) is 0 Å². The summed E-state index contributed by atoms with van der Waals surface area (Å²) < 4.78 is 55.3. The van der Waals surface area contributed by atoms with Crippen molar-refractivity contribution in [2.45, 2.75) is 30.8 Å². The van der Waals surface area contributed by atoms with Crippen molar-refractivity contribution in [2.75, 3.05) is 32.7 Å². The summed E-state index contributed by atoms with van der Waals surface area (Å²) in [5.74, 6) is -0.391. The highest BCUT2D eigenvalue weighted by Gasteiger charge is 2.29. The molecule has 184 valence electrons. The van der Waals surface area contributed by atoms with Crippen LogP contribution in [0.25, 0.3) is 0 Å². The van der Waals surface area contributed by atoms with Gasteiger partial charge in [0, 0.05) is 45.6 Å². The van der Waals surface area contributed by atoms with Crippen molar-refractivity contribution in [1.82, 2.24) is 14.5 Å². The number of carbonyl (C=O) groups is 2. The van der Waals surface area contributed by atoms with Crippen molar-refractivity contribution in [3.05, 3.63) is 60.2 Å². The summed E-state index contributed by atoms with van der Waals surface area (Å²) in [6, 6.07) is 14.3. The van der Waals surface area contributed by atoms with Gasteiger partial charge in [-0.05, 0) is 36.2 Å². The molecule has 3 rings (SSSR count). The lowest BCUT2D eigenvalue weighted by Gasteiger charge is -2.34. The molecule has 0 atom stereocenters. The molecule has 2 aromatic rings. The average molecular weight is 496 g/mol. The van der Waals surface area contributed by atoms with Crippen LogP contribution in [0.2, 0.25) is 0 Å². The number of nitrogens with one attached hydrogen (secondary N) is 1. The van der Waals surface area contributed by atoms with Gasteiger partial charge < -0.3 is 15.0 Å². The summed E-state index contributed by atoms with van der Waals surface area (Å²) in [5.41, 5.74) is 0.848. The zero-order valence-corrected chi connectivity index (χ0v) is 19.3. The normalized spacial score (nSPS) is 14.7. The second kappa shape index (κ2) is 11.9. The molecular formula is C23H27F2N3O5S. The number of hydrogen-bond donors (Lipinski definition) is 1. The van der Waals surface area contributed by atoms with Gasteiger partial charge in [-0.1, -0.05) is 30.3 Å². The first-order valence-electron chi connectivity index (χ1n) is 10.9. The molecule has 8 nitrogen and oxygen atoms in total. The lowest BCUT2D eigenvalue weighted by atomic mass is 10.1. The quantitative estimate of drug-likeness (QED) is 0.546. The fourth-order valence-electron chi connectivity index (χ4n) is 3.57. The first-order chi connectivity index (χ1) is 16.3. The third-order valence-corrected chi connectivity index (χ3v) is 7.34. The largest absolute Gasteiger partial charge is 0.435 e. The summed E-state index contributed by atoms with van der Waals surface area (Å²) in [5, 5.41) is 2.73. The highest BCUT2D eigenvalue weighted by Crippen LogP contribution is 2.18. The van der Waals surface area contributed by atoms with Crippen LogP contribution in [0.5, 0.6) is 5.75 Å². The number of carbonyl (C=O) groups excluding carboxylic acids is 2. The van der Waals surface area contributed by atoms with Gasteiger partial charge in [0.2, 0.25) is 21.8 Å². The van der Waals surface area contributed by atoms with Crippen LogP contribution in [0.4, 0.5) is 8.78 Å². The average Bonchev–Trinajstić information content (AvgIpc) is 2.84. The van der Waals surface area contributed by atoms with Gasteiger partial charge >= 0.3 is 6.61 Å². The van der Waals surface area contributed by atoms with Gasteiger partial charge in [-0.15, -0.1) is 0 Å². The van der Waals surface area contributed by atoms with Crippen LogP contribution in [0, 0.1) is 0 Å². The van der Waals surface area contributed by atoms with Crippen molar-refractivity contribution < 1.29 is 31.5 Å². The smallest absolute Gasteiger partial charge is 0.387 e. The number of ether oxygens (including phenoxy) is 1. The highest BCUT2D eigenvalue weighted by atomic mass is 32.2. The monoisotopic (exact) mass is 495 g/mol. The predicted octanol–water partition coefficient (Wildman–Crippen LogP) is 2.26. The fourth-order valence-corrected chi connectivity index (χ4v) is 5.01. The Morgan fingerprint density at radius 3 is 2.21 bits per heavy atom. The topological polar surface area (TPSA) is 96.0 Å². The molecule has 1 aliphatic heterocycles. The van der Waals surface area contributed by atoms with Gasteiger partial charge in [-0.25, -0.2) is 8.42 Å². The van der Waals surface area contributed by atoms with Crippen molar-refractivity contribution >= 4 is 21.8 Å². The number of sulfonamides is 1. The fraction of sp³-hybridized carbons (Fsp3) is 0.391. The number of alkyl halides is 2. The van der Waals surface area contributed by atoms with E-state index in [4.69, 9.17) is 0 Å². The lowest BCUT2D eigenvalue weighted by Crippen LogP contribution is -2.50. The molecule has 2 amide bonds. The maximum atomic E-state index is 12.7. The maximum Gasteiger partial charge on any atom is 0.387 e. The molecule has 0 bridgehead atoms. The van der Waals surface area contributed by atoms with Crippen LogP contribution in [-0.4, -0.2) is 68.8 Å². The Kier molecular flexibility index (Phi) is 8.94. The van der Waals surface area contributed by atoms with E-state index in [0.29, 0.717) is 13.0 Å². The first kappa shape index (κ1) is 25.6. The molecule has 1 N–H and O–H groups in total. The molecule has 0 aliphatic carbocycles. The zero-order chi connectivity index (χ0) is 24.6. The van der Waals surface area contributed by atoms with E-state index in [-0.39, 0.29) is 61.5 Å². The molecule has 1 aliphatic rings. The number of nitrogens with zero attached hydrogens (tertiary/aromatic N) is 2. The van der Waals surface area contributed by atoms with Crippen LogP contribution < -0.4 is 10.1 Å². The third-order valence-electron chi connectivity index (χ3n) is 5.42. The molecule has 34 heavy (non-hydrogen) atoms. The van der Waals surface area contributed by atoms with E-state index in [1.165, 1.54) is 16.4 Å². The third kappa shape index (κ3) is 7.22. The number of piperazine rings is 1. The molecule has 1 fully saturated rings. The molecule has 0 unspecified atom stereocenters. The van der Waals surface area contributed by atoms with E-state index in [1.807, 2.05) is 0 Å². The molecule has 2 aromatic carbocycles. The van der Waals surface area contributed by atoms with Gasteiger partial charge in [-0.3, -0.25) is 9.59 Å². The minimum absolute atomic E-state index is 0.0303. The molecule has 11 heteroatoms. The standard InChI is InChI=1S/C23H27F2N3O5S/c24-23(25)33-19-8-6-18(7-9-19)12-13-26-21(29)10-11-22(30)27-14-16-28(17-15-27)34(31,32)20-4-2-1-3-5-20/h1-9,23H,10-17H2,(H,26,29). The van der Waals surface area contributed by atoms with E-state index in [9.17, 15) is 26.8 Å². The molecule has 0 aromatic heterocycles. The minimum Gasteiger partial charge on any atom is -0.435 e. The molecule has 1 heterocycles. The van der Waals surface area contributed by atoms with E-state index < -0.39 is 16.6 Å². The Morgan fingerprint density at radius 2 is 1.59 bits per heavy atom. The molecule has 0 spiro atoms. The van der Waals surface area contributed by atoms with Gasteiger partial charge in [0.05, 0.1) is 4.90 Å². The van der Waals surface area contributed by atoms with E-state index in [1.54, 1.807) is 47.4 Å². The van der Waals surface area contributed by atoms with E-state index in [0.717, 1.165) is 5.56 Å².